The maximum Gasteiger partial charge on any atom is 0.416 e. The zero-order valence-electron chi connectivity index (χ0n) is 21.5. The Morgan fingerprint density at radius 3 is 2.62 bits per heavy atom. The van der Waals surface area contributed by atoms with Gasteiger partial charge in [-0.05, 0) is 69.0 Å². The van der Waals surface area contributed by atoms with E-state index in [-0.39, 0.29) is 11.8 Å². The Labute approximate surface area is 240 Å². The molecule has 0 saturated heterocycles. The number of carbonyl (C=O) groups is 2. The van der Waals surface area contributed by atoms with Gasteiger partial charge in [0, 0.05) is 32.6 Å². The molecule has 0 atom stereocenters. The van der Waals surface area contributed by atoms with Crippen molar-refractivity contribution >= 4 is 63.9 Å². The van der Waals surface area contributed by atoms with Crippen LogP contribution in [0, 0.1) is 12.5 Å². The first-order chi connectivity index (χ1) is 18.6. The fourth-order valence-corrected chi connectivity index (χ4v) is 5.95. The molecule has 5 rings (SSSR count). The SMILES string of the molecule is [C-]#[N+]c1c(-c2ccnc(NC(=O)C3CC3)c2)sc(C2=NCCN2C(=O)OC(C)(C)C)c1-c1ccc(Cl)cc1Cl. The minimum Gasteiger partial charge on any atom is -0.443 e. The fourth-order valence-electron chi connectivity index (χ4n) is 4.17. The molecule has 8 nitrogen and oxygen atoms in total. The van der Waals surface area contributed by atoms with Gasteiger partial charge in [0.25, 0.3) is 0 Å². The number of amides is 2. The van der Waals surface area contributed by atoms with Crippen LogP contribution < -0.4 is 5.32 Å². The van der Waals surface area contributed by atoms with Crippen LogP contribution in [0.5, 0.6) is 0 Å². The molecule has 1 N–H and O–H groups in total. The summed E-state index contributed by atoms with van der Waals surface area (Å²) in [6.45, 7) is 14.3. The van der Waals surface area contributed by atoms with Gasteiger partial charge in [-0.1, -0.05) is 29.3 Å². The highest BCUT2D eigenvalue weighted by Crippen LogP contribution is 2.51. The topological polar surface area (TPSA) is 88.3 Å². The maximum atomic E-state index is 13.1. The standard InChI is InChI=1S/C28H25Cl2N5O3S/c1-28(2,3)38-27(37)35-12-11-33-25(35)24-21(18-8-7-17(29)14-19(18)30)22(31-4)23(39-24)16-9-10-32-20(13-16)34-26(36)15-5-6-15/h7-10,13-15H,5-6,11-12H2,1-3H3,(H,32,34,36). The van der Waals surface area contributed by atoms with E-state index < -0.39 is 11.7 Å². The molecule has 0 unspecified atom stereocenters. The van der Waals surface area contributed by atoms with Crippen molar-refractivity contribution in [2.75, 3.05) is 18.4 Å². The Morgan fingerprint density at radius 1 is 1.18 bits per heavy atom. The summed E-state index contributed by atoms with van der Waals surface area (Å²) >= 11 is 14.2. The molecule has 1 aromatic carbocycles. The summed E-state index contributed by atoms with van der Waals surface area (Å²) in [5.74, 6) is 0.803. The molecular formula is C28H25Cl2N5O3S. The quantitative estimate of drug-likeness (QED) is 0.313. The number of anilines is 1. The van der Waals surface area contributed by atoms with Crippen LogP contribution in [0.3, 0.4) is 0 Å². The summed E-state index contributed by atoms with van der Waals surface area (Å²) in [6.07, 6.45) is 2.84. The number of ether oxygens (including phenoxy) is 1. The van der Waals surface area contributed by atoms with Crippen molar-refractivity contribution in [3.8, 4) is 21.6 Å². The maximum absolute atomic E-state index is 13.1. The van der Waals surface area contributed by atoms with E-state index in [4.69, 9.17) is 34.5 Å². The molecule has 1 aliphatic heterocycles. The molecule has 1 aliphatic carbocycles. The highest BCUT2D eigenvalue weighted by atomic mass is 35.5. The normalized spacial score (nSPS) is 15.1. The molecule has 39 heavy (non-hydrogen) atoms. The summed E-state index contributed by atoms with van der Waals surface area (Å²) < 4.78 is 5.64. The van der Waals surface area contributed by atoms with Crippen LogP contribution in [-0.2, 0) is 9.53 Å². The lowest BCUT2D eigenvalue weighted by molar-refractivity contribution is -0.117. The van der Waals surface area contributed by atoms with Crippen LogP contribution >= 0.6 is 34.5 Å². The van der Waals surface area contributed by atoms with Crippen LogP contribution in [-0.4, -0.2) is 46.4 Å². The Hall–Kier alpha value is -3.45. The van der Waals surface area contributed by atoms with E-state index in [1.807, 2.05) is 0 Å². The van der Waals surface area contributed by atoms with E-state index in [9.17, 15) is 9.59 Å². The second kappa shape index (κ2) is 10.6. The van der Waals surface area contributed by atoms with Crippen molar-refractivity contribution in [3.05, 3.63) is 62.9 Å². The average Bonchev–Trinajstić information content (AvgIpc) is 3.48. The second-order valence-corrected chi connectivity index (χ2v) is 12.1. The predicted molar refractivity (Wildman–Crippen MR) is 155 cm³/mol. The molecule has 1 saturated carbocycles. The van der Waals surface area contributed by atoms with E-state index in [1.165, 1.54) is 16.2 Å². The largest absolute Gasteiger partial charge is 0.443 e. The molecule has 0 bridgehead atoms. The Balaban J connectivity index is 1.65. The number of nitrogens with one attached hydrogen (secondary N) is 1. The Kier molecular flexibility index (Phi) is 7.38. The average molecular weight is 583 g/mol. The van der Waals surface area contributed by atoms with Crippen LogP contribution in [0.15, 0.2) is 41.5 Å². The number of aliphatic imine (C=N–C) groups is 1. The molecule has 200 valence electrons. The molecule has 3 heterocycles. The Bertz CT molecular complexity index is 1550. The number of hydrogen-bond donors (Lipinski definition) is 1. The minimum atomic E-state index is -0.687. The van der Waals surface area contributed by atoms with Gasteiger partial charge in [-0.15, -0.1) is 11.3 Å². The number of aromatic nitrogens is 1. The monoisotopic (exact) mass is 581 g/mol. The predicted octanol–water partition coefficient (Wildman–Crippen LogP) is 7.68. The van der Waals surface area contributed by atoms with E-state index in [0.29, 0.717) is 66.9 Å². The molecule has 1 fully saturated rings. The van der Waals surface area contributed by atoms with Crippen LogP contribution in [0.2, 0.25) is 10.0 Å². The zero-order valence-corrected chi connectivity index (χ0v) is 23.9. The van der Waals surface area contributed by atoms with Crippen LogP contribution in [0.4, 0.5) is 16.3 Å². The third-order valence-electron chi connectivity index (χ3n) is 6.07. The zero-order chi connectivity index (χ0) is 27.9. The summed E-state index contributed by atoms with van der Waals surface area (Å²) in [5.41, 5.74) is 1.52. The number of amidine groups is 1. The first-order valence-corrected chi connectivity index (χ1v) is 13.9. The van der Waals surface area contributed by atoms with Crippen LogP contribution in [0.1, 0.15) is 38.5 Å². The number of carbonyl (C=O) groups excluding carboxylic acids is 2. The third kappa shape index (κ3) is 5.78. The first kappa shape index (κ1) is 27.1. The van der Waals surface area contributed by atoms with Crippen molar-refractivity contribution < 1.29 is 14.3 Å². The van der Waals surface area contributed by atoms with Gasteiger partial charge in [0.1, 0.15) is 17.3 Å². The van der Waals surface area contributed by atoms with Gasteiger partial charge in [-0.25, -0.2) is 14.6 Å². The van der Waals surface area contributed by atoms with Crippen molar-refractivity contribution in [2.45, 2.75) is 39.2 Å². The van der Waals surface area contributed by atoms with Gasteiger partial charge in [-0.3, -0.25) is 14.7 Å². The van der Waals surface area contributed by atoms with E-state index in [0.717, 1.165) is 12.8 Å². The van der Waals surface area contributed by atoms with Crippen LogP contribution in [0.25, 0.3) is 26.4 Å². The number of benzene rings is 1. The smallest absolute Gasteiger partial charge is 0.416 e. The Morgan fingerprint density at radius 2 is 1.95 bits per heavy atom. The fraction of sp³-hybridized carbons (Fsp3) is 0.321. The molecular weight excluding hydrogens is 557 g/mol. The lowest BCUT2D eigenvalue weighted by Crippen LogP contribution is -2.39. The number of nitrogens with zero attached hydrogens (tertiary/aromatic N) is 4. The lowest BCUT2D eigenvalue weighted by atomic mass is 10.0. The number of pyridine rings is 1. The molecule has 2 aliphatic rings. The number of halogens is 2. The van der Waals surface area contributed by atoms with Crippen molar-refractivity contribution in [1.29, 1.82) is 0 Å². The van der Waals surface area contributed by atoms with Gasteiger partial charge in [0.2, 0.25) is 11.6 Å². The summed E-state index contributed by atoms with van der Waals surface area (Å²) in [7, 11) is 0. The third-order valence-corrected chi connectivity index (χ3v) is 7.85. The highest BCUT2D eigenvalue weighted by molar-refractivity contribution is 7.19. The van der Waals surface area contributed by atoms with E-state index in [2.05, 4.69) is 20.1 Å². The van der Waals surface area contributed by atoms with Crippen molar-refractivity contribution in [2.24, 2.45) is 10.9 Å². The first-order valence-electron chi connectivity index (χ1n) is 12.4. The molecule has 3 aromatic rings. The molecule has 2 aromatic heterocycles. The summed E-state index contributed by atoms with van der Waals surface area (Å²) in [4.78, 5) is 41.1. The van der Waals surface area contributed by atoms with E-state index >= 15 is 0 Å². The van der Waals surface area contributed by atoms with Gasteiger partial charge < -0.3 is 10.1 Å². The second-order valence-electron chi connectivity index (χ2n) is 10.3. The number of hydrogen-bond acceptors (Lipinski definition) is 6. The minimum absolute atomic E-state index is 0.0282. The van der Waals surface area contributed by atoms with Crippen molar-refractivity contribution in [3.63, 3.8) is 0 Å². The highest BCUT2D eigenvalue weighted by Gasteiger charge is 2.35. The number of rotatable bonds is 5. The molecule has 0 radical (unpaired) electrons. The van der Waals surface area contributed by atoms with Gasteiger partial charge >= 0.3 is 6.09 Å². The van der Waals surface area contributed by atoms with Gasteiger partial charge in [0.05, 0.1) is 24.5 Å². The van der Waals surface area contributed by atoms with Crippen molar-refractivity contribution in [1.82, 2.24) is 9.88 Å². The molecule has 2 amide bonds. The number of thiophene rings is 1. The summed E-state index contributed by atoms with van der Waals surface area (Å²) in [5, 5.41) is 3.70. The van der Waals surface area contributed by atoms with Gasteiger partial charge in [-0.2, -0.15) is 0 Å². The molecule has 11 heteroatoms. The van der Waals surface area contributed by atoms with E-state index in [1.54, 1.807) is 57.3 Å². The van der Waals surface area contributed by atoms with Gasteiger partial charge in [0.15, 0.2) is 0 Å². The lowest BCUT2D eigenvalue weighted by Gasteiger charge is -2.25. The summed E-state index contributed by atoms with van der Waals surface area (Å²) in [6, 6.07) is 8.62. The molecule has 0 spiro atoms.